The van der Waals surface area contributed by atoms with E-state index in [0.717, 1.165) is 12.8 Å². The number of carbonyl (C=O) groups excluding carboxylic acids is 1. The number of carboxylic acid groups (broad SMARTS) is 1. The maximum Gasteiger partial charge on any atom is 0.305 e. The first-order valence-electron chi connectivity index (χ1n) is 7.78. The molecule has 0 heterocycles. The molecule has 120 valence electrons. The fraction of sp³-hybridized carbons (Fsp3) is 0.263. The standard InChI is InChI=1S/C19H21NO3/c21-18(20-14-13-19(22)23)8-4-5-15-9-11-17(12-10-15)16-6-2-1-3-7-16/h1-3,6-7,9-12H,4-5,8,13-14H2,(H,20,21)(H,22,23). The molecule has 0 atom stereocenters. The molecule has 0 unspecified atom stereocenters. The van der Waals surface area contributed by atoms with E-state index in [1.54, 1.807) is 0 Å². The number of hydrogen-bond donors (Lipinski definition) is 2. The molecule has 0 aromatic heterocycles. The minimum absolute atomic E-state index is 0.0350. The third-order valence-electron chi connectivity index (χ3n) is 3.59. The van der Waals surface area contributed by atoms with Gasteiger partial charge in [-0.15, -0.1) is 0 Å². The maximum atomic E-state index is 11.5. The van der Waals surface area contributed by atoms with Crippen molar-refractivity contribution in [3.63, 3.8) is 0 Å². The van der Waals surface area contributed by atoms with Crippen molar-refractivity contribution in [1.82, 2.24) is 5.32 Å². The molecule has 0 aliphatic rings. The number of benzene rings is 2. The summed E-state index contributed by atoms with van der Waals surface area (Å²) in [6, 6.07) is 18.6. The average molecular weight is 311 g/mol. The van der Waals surface area contributed by atoms with Crippen molar-refractivity contribution >= 4 is 11.9 Å². The molecule has 1 amide bonds. The summed E-state index contributed by atoms with van der Waals surface area (Å²) in [4.78, 5) is 21.9. The lowest BCUT2D eigenvalue weighted by atomic mass is 10.0. The highest BCUT2D eigenvalue weighted by molar-refractivity contribution is 5.76. The molecule has 2 aromatic rings. The zero-order chi connectivity index (χ0) is 16.5. The summed E-state index contributed by atoms with van der Waals surface area (Å²) in [7, 11) is 0. The van der Waals surface area contributed by atoms with Gasteiger partial charge in [0, 0.05) is 13.0 Å². The molecule has 2 N–H and O–H groups in total. The zero-order valence-electron chi connectivity index (χ0n) is 13.0. The molecule has 0 saturated carbocycles. The van der Waals surface area contributed by atoms with Crippen molar-refractivity contribution in [3.8, 4) is 11.1 Å². The Morgan fingerprint density at radius 3 is 2.17 bits per heavy atom. The zero-order valence-corrected chi connectivity index (χ0v) is 13.0. The van der Waals surface area contributed by atoms with E-state index in [1.165, 1.54) is 16.7 Å². The number of amides is 1. The summed E-state index contributed by atoms with van der Waals surface area (Å²) >= 11 is 0. The minimum atomic E-state index is -0.899. The molecule has 0 fully saturated rings. The van der Waals surface area contributed by atoms with E-state index < -0.39 is 5.97 Å². The molecule has 0 saturated heterocycles. The molecular weight excluding hydrogens is 290 g/mol. The van der Waals surface area contributed by atoms with E-state index in [-0.39, 0.29) is 18.9 Å². The highest BCUT2D eigenvalue weighted by atomic mass is 16.4. The maximum absolute atomic E-state index is 11.5. The Bertz CT molecular complexity index is 635. The molecule has 4 nitrogen and oxygen atoms in total. The predicted molar refractivity (Wildman–Crippen MR) is 90.1 cm³/mol. The van der Waals surface area contributed by atoms with Gasteiger partial charge < -0.3 is 10.4 Å². The van der Waals surface area contributed by atoms with Crippen molar-refractivity contribution in [2.24, 2.45) is 0 Å². The first kappa shape index (κ1) is 16.7. The van der Waals surface area contributed by atoms with Crippen molar-refractivity contribution in [2.45, 2.75) is 25.7 Å². The normalized spacial score (nSPS) is 10.3. The fourth-order valence-electron chi connectivity index (χ4n) is 2.34. The Morgan fingerprint density at radius 2 is 1.52 bits per heavy atom. The third kappa shape index (κ3) is 5.94. The summed E-state index contributed by atoms with van der Waals surface area (Å²) in [6.07, 6.45) is 1.97. The molecular formula is C19H21NO3. The number of hydrogen-bond acceptors (Lipinski definition) is 2. The average Bonchev–Trinajstić information content (AvgIpc) is 2.56. The minimum Gasteiger partial charge on any atom is -0.481 e. The van der Waals surface area contributed by atoms with Crippen LogP contribution in [-0.4, -0.2) is 23.5 Å². The lowest BCUT2D eigenvalue weighted by Gasteiger charge is -2.05. The van der Waals surface area contributed by atoms with E-state index in [9.17, 15) is 9.59 Å². The van der Waals surface area contributed by atoms with Crippen LogP contribution in [0.3, 0.4) is 0 Å². The summed E-state index contributed by atoms with van der Waals surface area (Å²) in [6.45, 7) is 0.194. The highest BCUT2D eigenvalue weighted by Gasteiger charge is 2.03. The van der Waals surface area contributed by atoms with Gasteiger partial charge in [0.05, 0.1) is 6.42 Å². The van der Waals surface area contributed by atoms with E-state index in [2.05, 4.69) is 41.7 Å². The second-order valence-corrected chi connectivity index (χ2v) is 5.41. The number of nitrogens with one attached hydrogen (secondary N) is 1. The van der Waals surface area contributed by atoms with Crippen molar-refractivity contribution in [2.75, 3.05) is 6.54 Å². The van der Waals surface area contributed by atoms with E-state index in [0.29, 0.717) is 6.42 Å². The second kappa shape index (κ2) is 8.73. The van der Waals surface area contributed by atoms with E-state index >= 15 is 0 Å². The molecule has 2 aromatic carbocycles. The number of carbonyl (C=O) groups is 2. The molecule has 0 bridgehead atoms. The molecule has 0 spiro atoms. The van der Waals surface area contributed by atoms with Gasteiger partial charge in [-0.1, -0.05) is 54.6 Å². The summed E-state index contributed by atoms with van der Waals surface area (Å²) in [5.41, 5.74) is 3.57. The van der Waals surface area contributed by atoms with Crippen LogP contribution in [0.5, 0.6) is 0 Å². The number of carboxylic acids is 1. The van der Waals surface area contributed by atoms with E-state index in [1.807, 2.05) is 18.2 Å². The van der Waals surface area contributed by atoms with Gasteiger partial charge in [-0.25, -0.2) is 0 Å². The van der Waals surface area contributed by atoms with Crippen LogP contribution in [0.25, 0.3) is 11.1 Å². The molecule has 0 radical (unpaired) electrons. The van der Waals surface area contributed by atoms with Gasteiger partial charge >= 0.3 is 5.97 Å². The lowest BCUT2D eigenvalue weighted by Crippen LogP contribution is -2.25. The van der Waals surface area contributed by atoms with Crippen LogP contribution >= 0.6 is 0 Å². The van der Waals surface area contributed by atoms with Crippen LogP contribution in [-0.2, 0) is 16.0 Å². The smallest absolute Gasteiger partial charge is 0.305 e. The molecule has 0 aliphatic carbocycles. The SMILES string of the molecule is O=C(O)CCNC(=O)CCCc1ccc(-c2ccccc2)cc1. The summed E-state index contributed by atoms with van der Waals surface area (Å²) < 4.78 is 0. The van der Waals surface area contributed by atoms with Crippen molar-refractivity contribution in [3.05, 3.63) is 60.2 Å². The van der Waals surface area contributed by atoms with Gasteiger partial charge in [0.15, 0.2) is 0 Å². The van der Waals surface area contributed by atoms with Gasteiger partial charge in [0.25, 0.3) is 0 Å². The van der Waals surface area contributed by atoms with Crippen LogP contribution in [0.4, 0.5) is 0 Å². The Labute approximate surface area is 136 Å². The third-order valence-corrected chi connectivity index (χ3v) is 3.59. The highest BCUT2D eigenvalue weighted by Crippen LogP contribution is 2.19. The number of aryl methyl sites for hydroxylation is 1. The van der Waals surface area contributed by atoms with E-state index in [4.69, 9.17) is 5.11 Å². The van der Waals surface area contributed by atoms with Gasteiger partial charge in [0.1, 0.15) is 0 Å². The van der Waals surface area contributed by atoms with Gasteiger partial charge in [-0.05, 0) is 29.5 Å². The monoisotopic (exact) mass is 311 g/mol. The number of aliphatic carboxylic acids is 1. The van der Waals surface area contributed by atoms with Crippen molar-refractivity contribution in [1.29, 1.82) is 0 Å². The molecule has 2 rings (SSSR count). The topological polar surface area (TPSA) is 66.4 Å². The molecule has 4 heteroatoms. The van der Waals surface area contributed by atoms with Gasteiger partial charge in [0.2, 0.25) is 5.91 Å². The Kier molecular flexibility index (Phi) is 6.36. The fourth-order valence-corrected chi connectivity index (χ4v) is 2.34. The van der Waals surface area contributed by atoms with Crippen LogP contribution in [0.15, 0.2) is 54.6 Å². The van der Waals surface area contributed by atoms with Crippen LogP contribution < -0.4 is 5.32 Å². The predicted octanol–water partition coefficient (Wildman–Crippen LogP) is 3.27. The van der Waals surface area contributed by atoms with Gasteiger partial charge in [-0.2, -0.15) is 0 Å². The van der Waals surface area contributed by atoms with Crippen LogP contribution in [0.1, 0.15) is 24.8 Å². The second-order valence-electron chi connectivity index (χ2n) is 5.41. The first-order valence-corrected chi connectivity index (χ1v) is 7.78. The van der Waals surface area contributed by atoms with Crippen LogP contribution in [0, 0.1) is 0 Å². The Balaban J connectivity index is 1.74. The summed E-state index contributed by atoms with van der Waals surface area (Å²) in [5, 5.41) is 11.1. The molecule has 0 aliphatic heterocycles. The molecule has 23 heavy (non-hydrogen) atoms. The Hall–Kier alpha value is -2.62. The van der Waals surface area contributed by atoms with Crippen LogP contribution in [0.2, 0.25) is 0 Å². The van der Waals surface area contributed by atoms with Gasteiger partial charge in [-0.3, -0.25) is 9.59 Å². The summed E-state index contributed by atoms with van der Waals surface area (Å²) in [5.74, 6) is -0.990. The lowest BCUT2D eigenvalue weighted by molar-refractivity contribution is -0.136. The Morgan fingerprint density at radius 1 is 0.870 bits per heavy atom. The van der Waals surface area contributed by atoms with Crippen molar-refractivity contribution < 1.29 is 14.7 Å². The largest absolute Gasteiger partial charge is 0.481 e. The number of rotatable bonds is 8. The quantitative estimate of drug-likeness (QED) is 0.786. The first-order chi connectivity index (χ1) is 11.1.